The molecular weight excluding hydrogens is 512 g/mol. The number of morpholine rings is 1. The van der Waals surface area contributed by atoms with Crippen molar-refractivity contribution in [1.82, 2.24) is 34.4 Å². The lowest BCUT2D eigenvalue weighted by atomic mass is 9.90. The summed E-state index contributed by atoms with van der Waals surface area (Å²) in [5.41, 5.74) is 11.1. The lowest BCUT2D eigenvalue weighted by Gasteiger charge is -2.38. The van der Waals surface area contributed by atoms with Crippen LogP contribution >= 0.6 is 11.6 Å². The minimum atomic E-state index is 0.287. The molecule has 200 valence electrons. The van der Waals surface area contributed by atoms with Gasteiger partial charge >= 0.3 is 0 Å². The fourth-order valence-electron chi connectivity index (χ4n) is 6.21. The van der Waals surface area contributed by atoms with Gasteiger partial charge in [-0.15, -0.1) is 0 Å². The Morgan fingerprint density at radius 1 is 0.974 bits per heavy atom. The van der Waals surface area contributed by atoms with E-state index < -0.39 is 0 Å². The van der Waals surface area contributed by atoms with E-state index in [0.29, 0.717) is 18.4 Å². The van der Waals surface area contributed by atoms with E-state index in [1.54, 1.807) is 6.33 Å². The Bertz CT molecular complexity index is 1630. The normalized spacial score (nSPS) is 20.6. The lowest BCUT2D eigenvalue weighted by Crippen LogP contribution is -2.45. The first-order chi connectivity index (χ1) is 19.2. The van der Waals surface area contributed by atoms with E-state index in [9.17, 15) is 0 Å². The van der Waals surface area contributed by atoms with Crippen LogP contribution in [-0.2, 0) is 11.3 Å². The summed E-state index contributed by atoms with van der Waals surface area (Å²) < 4.78 is 9.63. The number of nitrogens with two attached hydrogens (primary N) is 1. The third-order valence-corrected chi connectivity index (χ3v) is 8.65. The average molecular weight is 543 g/mol. The Kier molecular flexibility index (Phi) is 6.42. The molecule has 0 bridgehead atoms. The van der Waals surface area contributed by atoms with Crippen LogP contribution in [0, 0.1) is 0 Å². The van der Waals surface area contributed by atoms with Gasteiger partial charge in [0.15, 0.2) is 5.65 Å². The lowest BCUT2D eigenvalue weighted by molar-refractivity contribution is 0.00520. The van der Waals surface area contributed by atoms with Crippen molar-refractivity contribution in [2.45, 2.75) is 44.3 Å². The predicted octanol–water partition coefficient (Wildman–Crippen LogP) is 4.94. The van der Waals surface area contributed by atoms with Crippen LogP contribution in [0.5, 0.6) is 0 Å². The van der Waals surface area contributed by atoms with E-state index in [1.165, 1.54) is 0 Å². The Balaban J connectivity index is 1.20. The fraction of sp³-hybridized carbons (Fsp3) is 0.379. The first-order valence-corrected chi connectivity index (χ1v) is 14.0. The molecule has 9 nitrogen and oxygen atoms in total. The van der Waals surface area contributed by atoms with Crippen LogP contribution < -0.4 is 5.73 Å². The van der Waals surface area contributed by atoms with Gasteiger partial charge in [0.05, 0.1) is 42.9 Å². The number of anilines is 1. The third-order valence-electron chi connectivity index (χ3n) is 8.29. The molecule has 10 heteroatoms. The van der Waals surface area contributed by atoms with Gasteiger partial charge in [0, 0.05) is 35.1 Å². The molecule has 0 radical (unpaired) electrons. The second-order valence-corrected chi connectivity index (χ2v) is 10.9. The predicted molar refractivity (Wildman–Crippen MR) is 153 cm³/mol. The molecule has 0 amide bonds. The summed E-state index contributed by atoms with van der Waals surface area (Å²) in [7, 11) is 0. The van der Waals surface area contributed by atoms with Crippen LogP contribution in [0.15, 0.2) is 55.0 Å². The Labute approximate surface area is 231 Å². The number of aromatic nitrogens is 6. The zero-order valence-electron chi connectivity index (χ0n) is 21.7. The van der Waals surface area contributed by atoms with Crippen LogP contribution in [0.4, 0.5) is 5.82 Å². The maximum atomic E-state index is 6.42. The summed E-state index contributed by atoms with van der Waals surface area (Å²) in [5, 5.41) is 12.4. The van der Waals surface area contributed by atoms with Gasteiger partial charge in [-0.1, -0.05) is 35.9 Å². The molecule has 3 aromatic heterocycles. The second kappa shape index (κ2) is 10.2. The molecule has 1 saturated carbocycles. The number of halogens is 1. The average Bonchev–Trinajstić information content (AvgIpc) is 3.57. The van der Waals surface area contributed by atoms with Crippen LogP contribution in [0.2, 0.25) is 5.02 Å². The second-order valence-electron chi connectivity index (χ2n) is 10.5. The molecule has 4 heterocycles. The van der Waals surface area contributed by atoms with Gasteiger partial charge in [0.25, 0.3) is 0 Å². The SMILES string of the molecule is Nc1ncnc2c1c(-c1ccc3c(cnn3Cc3ccccc3Cl)c1)nn2[C@H]1CC[C@H](N2CCOCC2)CC1. The van der Waals surface area contributed by atoms with E-state index in [0.717, 1.165) is 95.8 Å². The number of nitrogen functional groups attached to an aromatic ring is 1. The standard InChI is InChI=1S/C29H31ClN8O/c30-24-4-2-1-3-20(24)17-37-25-10-5-19(15-21(25)16-34-37)27-26-28(31)32-18-33-29(26)38(35-27)23-8-6-22(7-9-23)36-11-13-39-14-12-36/h1-5,10,15-16,18,22-23H,6-9,11-14,17H2,(H2,31,32,33)/t22-,23-. The van der Waals surface area contributed by atoms with E-state index >= 15 is 0 Å². The number of ether oxygens (including phenoxy) is 1. The van der Waals surface area contributed by atoms with Gasteiger partial charge in [0.2, 0.25) is 0 Å². The molecule has 1 saturated heterocycles. The summed E-state index contributed by atoms with van der Waals surface area (Å²) in [5.74, 6) is 0.456. The Hall–Kier alpha value is -3.53. The highest BCUT2D eigenvalue weighted by atomic mass is 35.5. The van der Waals surface area contributed by atoms with Crippen LogP contribution in [0.3, 0.4) is 0 Å². The van der Waals surface area contributed by atoms with E-state index in [2.05, 4.69) is 42.8 Å². The first-order valence-electron chi connectivity index (χ1n) is 13.7. The molecule has 0 atom stereocenters. The van der Waals surface area contributed by atoms with Gasteiger partial charge in [-0.05, 0) is 49.4 Å². The molecule has 2 aliphatic rings. The van der Waals surface area contributed by atoms with Crippen molar-refractivity contribution in [3.8, 4) is 11.3 Å². The Morgan fingerprint density at radius 2 is 1.77 bits per heavy atom. The van der Waals surface area contributed by atoms with E-state index in [-0.39, 0.29) is 6.04 Å². The molecule has 2 N–H and O–H groups in total. The van der Waals surface area contributed by atoms with Gasteiger partial charge in [-0.25, -0.2) is 14.6 Å². The monoisotopic (exact) mass is 542 g/mol. The molecule has 0 unspecified atom stereocenters. The number of benzene rings is 2. The van der Waals surface area contributed by atoms with Crippen molar-refractivity contribution in [2.75, 3.05) is 32.0 Å². The summed E-state index contributed by atoms with van der Waals surface area (Å²) in [6.45, 7) is 4.35. The molecule has 1 aliphatic heterocycles. The van der Waals surface area contributed by atoms with Crippen molar-refractivity contribution < 1.29 is 4.74 Å². The minimum Gasteiger partial charge on any atom is -0.383 e. The highest BCUT2D eigenvalue weighted by Crippen LogP contribution is 2.37. The summed E-state index contributed by atoms with van der Waals surface area (Å²) in [6.07, 6.45) is 7.87. The van der Waals surface area contributed by atoms with Gasteiger partial charge in [0.1, 0.15) is 17.8 Å². The highest BCUT2D eigenvalue weighted by molar-refractivity contribution is 6.31. The van der Waals surface area contributed by atoms with Crippen molar-refractivity contribution in [2.24, 2.45) is 0 Å². The van der Waals surface area contributed by atoms with Gasteiger partial charge < -0.3 is 10.5 Å². The smallest absolute Gasteiger partial charge is 0.164 e. The quantitative estimate of drug-likeness (QED) is 0.335. The maximum absolute atomic E-state index is 6.42. The number of nitrogens with zero attached hydrogens (tertiary/aromatic N) is 7. The van der Waals surface area contributed by atoms with E-state index in [4.69, 9.17) is 27.2 Å². The number of hydrogen-bond acceptors (Lipinski definition) is 7. The van der Waals surface area contributed by atoms with Crippen molar-refractivity contribution in [3.63, 3.8) is 0 Å². The fourth-order valence-corrected chi connectivity index (χ4v) is 6.41. The van der Waals surface area contributed by atoms with Crippen molar-refractivity contribution >= 4 is 39.4 Å². The summed E-state index contributed by atoms with van der Waals surface area (Å²) >= 11 is 6.40. The zero-order chi connectivity index (χ0) is 26.3. The van der Waals surface area contributed by atoms with E-state index in [1.807, 2.05) is 35.1 Å². The number of hydrogen-bond donors (Lipinski definition) is 1. The molecule has 0 spiro atoms. The number of fused-ring (bicyclic) bond motifs is 2. The third kappa shape index (κ3) is 4.54. The zero-order valence-corrected chi connectivity index (χ0v) is 22.5. The van der Waals surface area contributed by atoms with Crippen LogP contribution in [0.25, 0.3) is 33.2 Å². The van der Waals surface area contributed by atoms with Crippen molar-refractivity contribution in [3.05, 3.63) is 65.6 Å². The molecular formula is C29H31ClN8O. The number of rotatable bonds is 5. The minimum absolute atomic E-state index is 0.287. The topological polar surface area (TPSA) is 99.9 Å². The molecule has 2 aromatic carbocycles. The summed E-state index contributed by atoms with van der Waals surface area (Å²) in [6, 6.07) is 15.1. The summed E-state index contributed by atoms with van der Waals surface area (Å²) in [4.78, 5) is 11.6. The Morgan fingerprint density at radius 3 is 2.59 bits per heavy atom. The van der Waals surface area contributed by atoms with Crippen molar-refractivity contribution in [1.29, 1.82) is 0 Å². The molecule has 39 heavy (non-hydrogen) atoms. The van der Waals surface area contributed by atoms with Crippen LogP contribution in [0.1, 0.15) is 37.3 Å². The molecule has 1 aliphatic carbocycles. The maximum Gasteiger partial charge on any atom is 0.164 e. The first kappa shape index (κ1) is 24.5. The molecule has 5 aromatic rings. The molecule has 2 fully saturated rings. The van der Waals surface area contributed by atoms with Gasteiger partial charge in [-0.3, -0.25) is 9.58 Å². The highest BCUT2D eigenvalue weighted by Gasteiger charge is 2.30. The largest absolute Gasteiger partial charge is 0.383 e. The molecule has 7 rings (SSSR count). The van der Waals surface area contributed by atoms with Gasteiger partial charge in [-0.2, -0.15) is 10.2 Å². The van der Waals surface area contributed by atoms with Crippen LogP contribution in [-0.4, -0.2) is 66.8 Å².